The summed E-state index contributed by atoms with van der Waals surface area (Å²) < 4.78 is 24.7. The lowest BCUT2D eigenvalue weighted by Crippen LogP contribution is -2.38. The van der Waals surface area contributed by atoms with Crippen LogP contribution in [0.1, 0.15) is 50.5 Å². The van der Waals surface area contributed by atoms with Crippen LogP contribution in [-0.2, 0) is 14.3 Å². The number of thioether (sulfide) groups is 1. The van der Waals surface area contributed by atoms with Crippen molar-refractivity contribution in [2.75, 3.05) is 6.79 Å². The Morgan fingerprint density at radius 1 is 1.14 bits per heavy atom. The molecule has 2 fully saturated rings. The molecule has 5 nitrogen and oxygen atoms in total. The quantitative estimate of drug-likeness (QED) is 0.706. The summed E-state index contributed by atoms with van der Waals surface area (Å²) in [6.07, 6.45) is 8.92. The number of benzene rings is 1. The number of hydrazone groups is 1. The minimum Gasteiger partial charge on any atom is -0.454 e. The molecular formula is C22H23FN2O3S. The fraction of sp³-hybridized carbons (Fsp3) is 0.455. The first-order chi connectivity index (χ1) is 14.2. The molecule has 1 unspecified atom stereocenters. The van der Waals surface area contributed by atoms with Crippen molar-refractivity contribution in [1.82, 2.24) is 5.01 Å². The summed E-state index contributed by atoms with van der Waals surface area (Å²) in [5.74, 6) is 1.35. The molecule has 4 aliphatic rings. The predicted octanol–water partition coefficient (Wildman–Crippen LogP) is 4.91. The summed E-state index contributed by atoms with van der Waals surface area (Å²) in [6.45, 7) is 0.213. The zero-order chi connectivity index (χ0) is 19.8. The average Bonchev–Trinajstić information content (AvgIpc) is 3.41. The Morgan fingerprint density at radius 3 is 2.72 bits per heavy atom. The maximum absolute atomic E-state index is 13.4. The van der Waals surface area contributed by atoms with E-state index >= 15 is 0 Å². The van der Waals surface area contributed by atoms with E-state index in [-0.39, 0.29) is 29.8 Å². The first-order valence-electron chi connectivity index (χ1n) is 10.2. The van der Waals surface area contributed by atoms with Gasteiger partial charge in [-0.3, -0.25) is 4.79 Å². The Hall–Kier alpha value is -2.28. The number of ether oxygens (including phenoxy) is 2. The Labute approximate surface area is 173 Å². The van der Waals surface area contributed by atoms with Crippen molar-refractivity contribution in [3.63, 3.8) is 0 Å². The van der Waals surface area contributed by atoms with E-state index in [1.54, 1.807) is 17.1 Å². The monoisotopic (exact) mass is 414 g/mol. The molecule has 1 saturated heterocycles. The van der Waals surface area contributed by atoms with Crippen LogP contribution in [0.25, 0.3) is 0 Å². The molecule has 1 aromatic carbocycles. The largest absolute Gasteiger partial charge is 0.454 e. The second-order valence-corrected chi connectivity index (χ2v) is 8.84. The topological polar surface area (TPSA) is 51.1 Å². The minimum absolute atomic E-state index is 0.0214. The van der Waals surface area contributed by atoms with E-state index in [0.29, 0.717) is 0 Å². The Morgan fingerprint density at radius 2 is 1.93 bits per heavy atom. The molecule has 0 spiro atoms. The number of hydrogen-bond donors (Lipinski definition) is 0. The molecule has 7 heteroatoms. The molecule has 1 amide bonds. The standard InChI is InChI=1S/C22H23FN2O3S/c23-16-11-9-14(10-12-16)20-24-25(21(26)15-5-2-1-3-6-15)22(29-20)17-7-4-8-18-19(17)28-13-27-18/h8-12,15,22H,1-7,13H2. The minimum atomic E-state index is -0.285. The van der Waals surface area contributed by atoms with Crippen molar-refractivity contribution in [3.8, 4) is 0 Å². The lowest BCUT2D eigenvalue weighted by atomic mass is 9.88. The van der Waals surface area contributed by atoms with Gasteiger partial charge in [0.1, 0.15) is 16.2 Å². The Balaban J connectivity index is 1.50. The van der Waals surface area contributed by atoms with Crippen LogP contribution in [0.4, 0.5) is 4.39 Å². The van der Waals surface area contributed by atoms with Crippen molar-refractivity contribution in [2.45, 2.75) is 50.3 Å². The highest BCUT2D eigenvalue weighted by Crippen LogP contribution is 2.43. The first kappa shape index (κ1) is 18.7. The van der Waals surface area contributed by atoms with Gasteiger partial charge in [-0.15, -0.1) is 0 Å². The van der Waals surface area contributed by atoms with Crippen LogP contribution in [0.15, 0.2) is 52.5 Å². The Bertz CT molecular complexity index is 903. The summed E-state index contributed by atoms with van der Waals surface area (Å²) in [5, 5.41) is 6.88. The molecule has 1 atom stereocenters. The molecular weight excluding hydrogens is 391 g/mol. The maximum atomic E-state index is 13.4. The summed E-state index contributed by atoms with van der Waals surface area (Å²) in [6, 6.07) is 6.28. The summed E-state index contributed by atoms with van der Waals surface area (Å²) in [7, 11) is 0. The van der Waals surface area contributed by atoms with Gasteiger partial charge in [-0.25, -0.2) is 9.40 Å². The lowest BCUT2D eigenvalue weighted by molar-refractivity contribution is -0.136. The number of nitrogens with zero attached hydrogens (tertiary/aromatic N) is 2. The SMILES string of the molecule is O=C(C1CCCCC1)N1N=C(c2ccc(F)cc2)SC1C1=C2OCOC2=CCC1. The van der Waals surface area contributed by atoms with Crippen LogP contribution >= 0.6 is 11.8 Å². The lowest BCUT2D eigenvalue weighted by Gasteiger charge is -2.29. The van der Waals surface area contributed by atoms with Gasteiger partial charge in [0.15, 0.2) is 11.5 Å². The van der Waals surface area contributed by atoms with Crippen molar-refractivity contribution in [1.29, 1.82) is 0 Å². The summed E-state index contributed by atoms with van der Waals surface area (Å²) >= 11 is 1.54. The number of amides is 1. The summed E-state index contributed by atoms with van der Waals surface area (Å²) in [4.78, 5) is 13.4. The van der Waals surface area contributed by atoms with Crippen LogP contribution in [0.3, 0.4) is 0 Å². The number of fused-ring (bicyclic) bond motifs is 1. The van der Waals surface area contributed by atoms with Crippen LogP contribution in [0.2, 0.25) is 0 Å². The number of allylic oxidation sites excluding steroid dienone is 1. The van der Waals surface area contributed by atoms with Gasteiger partial charge in [-0.05, 0) is 56.0 Å². The van der Waals surface area contributed by atoms with Crippen molar-refractivity contribution in [3.05, 3.63) is 58.8 Å². The van der Waals surface area contributed by atoms with Crippen LogP contribution in [-0.4, -0.2) is 28.1 Å². The fourth-order valence-electron chi connectivity index (χ4n) is 4.37. The van der Waals surface area contributed by atoms with Crippen LogP contribution in [0.5, 0.6) is 0 Å². The highest BCUT2D eigenvalue weighted by atomic mass is 32.2. The normalized spacial score (nSPS) is 24.6. The van der Waals surface area contributed by atoms with E-state index in [9.17, 15) is 9.18 Å². The predicted molar refractivity (Wildman–Crippen MR) is 109 cm³/mol. The van der Waals surface area contributed by atoms with E-state index < -0.39 is 0 Å². The average molecular weight is 415 g/mol. The van der Waals surface area contributed by atoms with Gasteiger partial charge < -0.3 is 9.47 Å². The molecule has 2 aliphatic heterocycles. The molecule has 0 radical (unpaired) electrons. The van der Waals surface area contributed by atoms with Gasteiger partial charge >= 0.3 is 0 Å². The van der Waals surface area contributed by atoms with Crippen molar-refractivity contribution in [2.24, 2.45) is 11.0 Å². The van der Waals surface area contributed by atoms with Gasteiger partial charge in [0, 0.05) is 17.1 Å². The fourth-order valence-corrected chi connectivity index (χ4v) is 5.60. The van der Waals surface area contributed by atoms with Gasteiger partial charge in [0.25, 0.3) is 0 Å². The molecule has 29 heavy (non-hydrogen) atoms. The number of carbonyl (C=O) groups excluding carboxylic acids is 1. The zero-order valence-electron chi connectivity index (χ0n) is 16.1. The molecule has 152 valence electrons. The second-order valence-electron chi connectivity index (χ2n) is 7.77. The van der Waals surface area contributed by atoms with E-state index in [0.717, 1.165) is 66.2 Å². The third-order valence-electron chi connectivity index (χ3n) is 5.89. The molecule has 0 aromatic heterocycles. The maximum Gasteiger partial charge on any atom is 0.247 e. The highest BCUT2D eigenvalue weighted by molar-refractivity contribution is 8.15. The highest BCUT2D eigenvalue weighted by Gasteiger charge is 2.41. The van der Waals surface area contributed by atoms with Gasteiger partial charge in [-0.1, -0.05) is 31.0 Å². The van der Waals surface area contributed by atoms with Crippen LogP contribution < -0.4 is 0 Å². The molecule has 2 heterocycles. The molecule has 5 rings (SSSR count). The van der Waals surface area contributed by atoms with Gasteiger partial charge in [0.05, 0.1) is 0 Å². The van der Waals surface area contributed by atoms with E-state index in [1.165, 1.54) is 30.3 Å². The molecule has 1 aromatic rings. The number of halogens is 1. The van der Waals surface area contributed by atoms with Gasteiger partial charge in [-0.2, -0.15) is 5.10 Å². The molecule has 1 saturated carbocycles. The van der Waals surface area contributed by atoms with Gasteiger partial charge in [0.2, 0.25) is 12.7 Å². The van der Waals surface area contributed by atoms with E-state index in [1.807, 2.05) is 6.08 Å². The number of rotatable bonds is 3. The molecule has 0 bridgehead atoms. The third-order valence-corrected chi connectivity index (χ3v) is 7.14. The zero-order valence-corrected chi connectivity index (χ0v) is 16.9. The van der Waals surface area contributed by atoms with Crippen molar-refractivity contribution >= 4 is 22.7 Å². The third kappa shape index (κ3) is 3.56. The number of carbonyl (C=O) groups is 1. The summed E-state index contributed by atoms with van der Waals surface area (Å²) in [5.41, 5.74) is 1.87. The smallest absolute Gasteiger partial charge is 0.247 e. The molecule has 0 N–H and O–H groups in total. The van der Waals surface area contributed by atoms with E-state index in [4.69, 9.17) is 14.6 Å². The second kappa shape index (κ2) is 7.86. The van der Waals surface area contributed by atoms with Crippen molar-refractivity contribution < 1.29 is 18.7 Å². The van der Waals surface area contributed by atoms with Crippen LogP contribution in [0, 0.1) is 11.7 Å². The van der Waals surface area contributed by atoms with E-state index in [2.05, 4.69) is 0 Å². The number of hydrogen-bond acceptors (Lipinski definition) is 5. The first-order valence-corrected chi connectivity index (χ1v) is 11.1. The molecule has 2 aliphatic carbocycles. The Kier molecular flexibility index (Phi) is 5.08.